The minimum absolute atomic E-state index is 0.0102. The largest absolute Gasteiger partial charge is 0.369 e. The highest BCUT2D eigenvalue weighted by Crippen LogP contribution is 2.30. The van der Waals surface area contributed by atoms with Gasteiger partial charge in [0.25, 0.3) is 0 Å². The SMILES string of the molecule is CCCCCN(CCCCC)C(=O)N1CCN(C(=O)N(c2ccccc2)c2cccc(Cl)c2)[C@H](C(=O)NCCNCC(N)=O)C1. The molecule has 2 aromatic carbocycles. The van der Waals surface area contributed by atoms with Crippen molar-refractivity contribution in [2.45, 2.75) is 58.4 Å². The van der Waals surface area contributed by atoms with Crippen LogP contribution in [0.3, 0.4) is 0 Å². The van der Waals surface area contributed by atoms with Crippen molar-refractivity contribution in [1.82, 2.24) is 25.3 Å². The average molecular weight is 642 g/mol. The molecule has 1 aliphatic rings. The van der Waals surface area contributed by atoms with E-state index in [1.165, 1.54) is 4.90 Å². The zero-order valence-electron chi connectivity index (χ0n) is 26.6. The molecule has 0 bridgehead atoms. The molecule has 0 aromatic heterocycles. The smallest absolute Gasteiger partial charge is 0.329 e. The van der Waals surface area contributed by atoms with E-state index in [1.807, 2.05) is 35.2 Å². The first kappa shape index (κ1) is 35.6. The second-order valence-corrected chi connectivity index (χ2v) is 11.6. The molecule has 4 N–H and O–H groups in total. The molecule has 3 rings (SSSR count). The Hall–Kier alpha value is -3.83. The van der Waals surface area contributed by atoms with E-state index in [1.54, 1.807) is 34.1 Å². The third-order valence-electron chi connectivity index (χ3n) is 7.71. The highest BCUT2D eigenvalue weighted by molar-refractivity contribution is 6.31. The first-order chi connectivity index (χ1) is 21.8. The van der Waals surface area contributed by atoms with Crippen molar-refractivity contribution in [3.05, 3.63) is 59.6 Å². The summed E-state index contributed by atoms with van der Waals surface area (Å²) in [6.45, 7) is 6.64. The van der Waals surface area contributed by atoms with Crippen molar-refractivity contribution in [3.63, 3.8) is 0 Å². The molecule has 0 spiro atoms. The highest BCUT2D eigenvalue weighted by atomic mass is 35.5. The maximum absolute atomic E-state index is 14.4. The van der Waals surface area contributed by atoms with Gasteiger partial charge in [0.05, 0.1) is 24.5 Å². The number of urea groups is 2. The number of carbonyl (C=O) groups is 4. The summed E-state index contributed by atoms with van der Waals surface area (Å²) < 4.78 is 0. The van der Waals surface area contributed by atoms with E-state index >= 15 is 0 Å². The number of carbonyl (C=O) groups excluding carboxylic acids is 4. The first-order valence-corrected chi connectivity index (χ1v) is 16.4. The molecule has 0 radical (unpaired) electrons. The number of hydrogen-bond acceptors (Lipinski definition) is 5. The van der Waals surface area contributed by atoms with E-state index in [-0.39, 0.29) is 38.1 Å². The zero-order valence-corrected chi connectivity index (χ0v) is 27.3. The van der Waals surface area contributed by atoms with Crippen molar-refractivity contribution < 1.29 is 19.2 Å². The van der Waals surface area contributed by atoms with E-state index in [2.05, 4.69) is 24.5 Å². The minimum Gasteiger partial charge on any atom is -0.369 e. The van der Waals surface area contributed by atoms with Crippen LogP contribution < -0.4 is 21.3 Å². The summed E-state index contributed by atoms with van der Waals surface area (Å²) in [5, 5.41) is 6.22. The summed E-state index contributed by atoms with van der Waals surface area (Å²) in [6.07, 6.45) is 6.01. The third-order valence-corrected chi connectivity index (χ3v) is 7.94. The predicted octanol–water partition coefficient (Wildman–Crippen LogP) is 4.58. The second kappa shape index (κ2) is 18.9. The lowest BCUT2D eigenvalue weighted by molar-refractivity contribution is -0.126. The number of para-hydroxylation sites is 1. The summed E-state index contributed by atoms with van der Waals surface area (Å²) in [7, 11) is 0. The van der Waals surface area contributed by atoms with Crippen molar-refractivity contribution >= 4 is 46.9 Å². The first-order valence-electron chi connectivity index (χ1n) is 16.0. The number of nitrogens with zero attached hydrogens (tertiary/aromatic N) is 4. The van der Waals surface area contributed by atoms with Crippen molar-refractivity contribution in [2.75, 3.05) is 57.3 Å². The summed E-state index contributed by atoms with van der Waals surface area (Å²) in [6, 6.07) is 14.7. The lowest BCUT2D eigenvalue weighted by Gasteiger charge is -2.43. The topological polar surface area (TPSA) is 131 Å². The summed E-state index contributed by atoms with van der Waals surface area (Å²) in [4.78, 5) is 59.7. The van der Waals surface area contributed by atoms with Crippen LogP contribution in [-0.2, 0) is 9.59 Å². The molecule has 0 unspecified atom stereocenters. The van der Waals surface area contributed by atoms with E-state index in [0.29, 0.717) is 42.6 Å². The molecule has 11 nitrogen and oxygen atoms in total. The Kier molecular flexibility index (Phi) is 14.9. The molecule has 1 saturated heterocycles. The molecule has 1 aliphatic heterocycles. The van der Waals surface area contributed by atoms with Gasteiger partial charge in [-0.2, -0.15) is 0 Å². The van der Waals surface area contributed by atoms with Gasteiger partial charge in [-0.3, -0.25) is 14.5 Å². The van der Waals surface area contributed by atoms with Gasteiger partial charge in [0, 0.05) is 44.3 Å². The van der Waals surface area contributed by atoms with E-state index in [9.17, 15) is 19.2 Å². The fraction of sp³-hybridized carbons (Fsp3) is 0.515. The monoisotopic (exact) mass is 641 g/mol. The summed E-state index contributed by atoms with van der Waals surface area (Å²) >= 11 is 6.32. The van der Waals surface area contributed by atoms with E-state index in [0.717, 1.165) is 38.5 Å². The summed E-state index contributed by atoms with van der Waals surface area (Å²) in [5.74, 6) is -0.881. The van der Waals surface area contributed by atoms with Crippen LogP contribution in [0.5, 0.6) is 0 Å². The van der Waals surface area contributed by atoms with Gasteiger partial charge in [-0.15, -0.1) is 0 Å². The standard InChI is InChI=1S/C33H48ClN7O4/c1-3-5-10-19-38(20-11-6-4-2)32(44)39-21-22-40(29(25-39)31(43)37-18-17-36-24-30(35)42)33(45)41(27-14-8-7-9-15-27)28-16-12-13-26(34)23-28/h7-9,12-16,23,29,36H,3-6,10-11,17-22,24-25H2,1-2H3,(H2,35,42)(H,37,43)/t29-/m0/s1. The van der Waals surface area contributed by atoms with Gasteiger partial charge >= 0.3 is 12.1 Å². The van der Waals surface area contributed by atoms with Crippen molar-refractivity contribution in [2.24, 2.45) is 5.73 Å². The molecule has 0 aliphatic carbocycles. The number of hydrogen-bond donors (Lipinski definition) is 3. The number of benzene rings is 2. The molecular weight excluding hydrogens is 594 g/mol. The highest BCUT2D eigenvalue weighted by Gasteiger charge is 2.40. The molecule has 1 fully saturated rings. The van der Waals surface area contributed by atoms with Crippen LogP contribution in [0, 0.1) is 0 Å². The van der Waals surface area contributed by atoms with Crippen LogP contribution in [0.15, 0.2) is 54.6 Å². The number of halogens is 1. The zero-order chi connectivity index (χ0) is 32.6. The van der Waals surface area contributed by atoms with Gasteiger partial charge in [0.1, 0.15) is 6.04 Å². The second-order valence-electron chi connectivity index (χ2n) is 11.2. The Labute approximate surface area is 272 Å². The molecule has 0 saturated carbocycles. The van der Waals surface area contributed by atoms with Crippen LogP contribution in [0.2, 0.25) is 5.02 Å². The van der Waals surface area contributed by atoms with Crippen molar-refractivity contribution in [1.29, 1.82) is 0 Å². The van der Waals surface area contributed by atoms with Crippen LogP contribution >= 0.6 is 11.6 Å². The van der Waals surface area contributed by atoms with Crippen LogP contribution in [0.25, 0.3) is 0 Å². The predicted molar refractivity (Wildman–Crippen MR) is 179 cm³/mol. The molecule has 1 atom stereocenters. The fourth-order valence-corrected chi connectivity index (χ4v) is 5.50. The molecule has 246 valence electrons. The quantitative estimate of drug-likeness (QED) is 0.231. The Morgan fingerprint density at radius 1 is 0.867 bits per heavy atom. The average Bonchev–Trinajstić information content (AvgIpc) is 3.04. The molecule has 6 amide bonds. The number of nitrogens with one attached hydrogen (secondary N) is 2. The fourth-order valence-electron chi connectivity index (χ4n) is 5.31. The van der Waals surface area contributed by atoms with Crippen LogP contribution in [0.1, 0.15) is 52.4 Å². The Morgan fingerprint density at radius 3 is 2.16 bits per heavy atom. The Bertz CT molecular complexity index is 1240. The number of unbranched alkanes of at least 4 members (excludes halogenated alkanes) is 4. The number of rotatable bonds is 16. The molecule has 45 heavy (non-hydrogen) atoms. The van der Waals surface area contributed by atoms with Gasteiger partial charge < -0.3 is 31.1 Å². The molecule has 12 heteroatoms. The lowest BCUT2D eigenvalue weighted by Crippen LogP contribution is -2.64. The third kappa shape index (κ3) is 10.9. The Morgan fingerprint density at radius 2 is 1.53 bits per heavy atom. The van der Waals surface area contributed by atoms with Crippen LogP contribution in [0.4, 0.5) is 21.0 Å². The van der Waals surface area contributed by atoms with E-state index in [4.69, 9.17) is 17.3 Å². The maximum Gasteiger partial charge on any atom is 0.329 e. The number of anilines is 2. The van der Waals surface area contributed by atoms with Gasteiger partial charge in [-0.1, -0.05) is 75.4 Å². The minimum atomic E-state index is -0.940. The normalized spacial score (nSPS) is 14.6. The number of piperazine rings is 1. The van der Waals surface area contributed by atoms with Gasteiger partial charge in [-0.05, 0) is 43.2 Å². The van der Waals surface area contributed by atoms with E-state index < -0.39 is 18.0 Å². The molecule has 2 aromatic rings. The van der Waals surface area contributed by atoms with Crippen molar-refractivity contribution in [3.8, 4) is 0 Å². The number of primary amides is 1. The number of amides is 6. The lowest BCUT2D eigenvalue weighted by atomic mass is 10.1. The Balaban J connectivity index is 1.88. The molecular formula is C33H48ClN7O4. The van der Waals surface area contributed by atoms with Gasteiger partial charge in [0.15, 0.2) is 0 Å². The maximum atomic E-state index is 14.4. The summed E-state index contributed by atoms with van der Waals surface area (Å²) in [5.41, 5.74) is 6.38. The van der Waals surface area contributed by atoms with Crippen LogP contribution in [-0.4, -0.2) is 97.0 Å². The van der Waals surface area contributed by atoms with Gasteiger partial charge in [0.2, 0.25) is 11.8 Å². The van der Waals surface area contributed by atoms with Gasteiger partial charge in [-0.25, -0.2) is 9.59 Å². The molecule has 1 heterocycles. The number of nitrogens with two attached hydrogens (primary N) is 1.